The van der Waals surface area contributed by atoms with E-state index in [-0.39, 0.29) is 16.9 Å². The number of nitro groups is 1. The SMILES string of the molecule is COc1ccc2[nH]c(=O)c(-c3ccc([N+](=O)[O-])cc3)nc2c1. The Bertz CT molecular complexity index is 916. The summed E-state index contributed by atoms with van der Waals surface area (Å²) in [5, 5.41) is 10.7. The zero-order valence-corrected chi connectivity index (χ0v) is 11.6. The van der Waals surface area contributed by atoms with Crippen LogP contribution < -0.4 is 10.3 Å². The van der Waals surface area contributed by atoms with Gasteiger partial charge in [0.15, 0.2) is 0 Å². The Balaban J connectivity index is 2.15. The number of nitrogens with zero attached hydrogens (tertiary/aromatic N) is 2. The summed E-state index contributed by atoms with van der Waals surface area (Å²) in [5.74, 6) is 0.627. The van der Waals surface area contributed by atoms with E-state index in [9.17, 15) is 14.9 Å². The van der Waals surface area contributed by atoms with Gasteiger partial charge in [0.25, 0.3) is 11.2 Å². The second-order valence-corrected chi connectivity index (χ2v) is 4.60. The van der Waals surface area contributed by atoms with Gasteiger partial charge >= 0.3 is 0 Å². The summed E-state index contributed by atoms with van der Waals surface area (Å²) in [5.41, 5.74) is 1.49. The minimum absolute atomic E-state index is 0.0392. The molecule has 1 N–H and O–H groups in total. The third-order valence-electron chi connectivity index (χ3n) is 3.25. The number of hydrogen-bond donors (Lipinski definition) is 1. The molecule has 0 unspecified atom stereocenters. The van der Waals surface area contributed by atoms with Crippen LogP contribution in [0.15, 0.2) is 47.3 Å². The van der Waals surface area contributed by atoms with Crippen LogP contribution in [0, 0.1) is 10.1 Å². The normalized spacial score (nSPS) is 10.6. The Hall–Kier alpha value is -3.22. The van der Waals surface area contributed by atoms with Crippen molar-refractivity contribution in [2.24, 2.45) is 0 Å². The summed E-state index contributed by atoms with van der Waals surface area (Å²) >= 11 is 0. The van der Waals surface area contributed by atoms with E-state index in [4.69, 9.17) is 4.74 Å². The highest BCUT2D eigenvalue weighted by molar-refractivity contribution is 5.78. The highest BCUT2D eigenvalue weighted by atomic mass is 16.6. The van der Waals surface area contributed by atoms with E-state index in [1.165, 1.54) is 24.3 Å². The van der Waals surface area contributed by atoms with Crippen LogP contribution in [0.3, 0.4) is 0 Å². The van der Waals surface area contributed by atoms with E-state index in [2.05, 4.69) is 9.97 Å². The molecule has 0 spiro atoms. The maximum absolute atomic E-state index is 12.1. The van der Waals surface area contributed by atoms with Crippen molar-refractivity contribution in [3.05, 3.63) is 62.9 Å². The predicted molar refractivity (Wildman–Crippen MR) is 81.0 cm³/mol. The predicted octanol–water partition coefficient (Wildman–Crippen LogP) is 2.51. The summed E-state index contributed by atoms with van der Waals surface area (Å²) in [6.07, 6.45) is 0. The van der Waals surface area contributed by atoms with Crippen LogP contribution in [0.25, 0.3) is 22.3 Å². The van der Waals surface area contributed by atoms with E-state index in [0.29, 0.717) is 22.3 Å². The molecule has 0 fully saturated rings. The second kappa shape index (κ2) is 5.28. The first-order valence-electron chi connectivity index (χ1n) is 6.41. The van der Waals surface area contributed by atoms with Gasteiger partial charge in [-0.25, -0.2) is 4.98 Å². The minimum Gasteiger partial charge on any atom is -0.497 e. The molecule has 0 aliphatic rings. The quantitative estimate of drug-likeness (QED) is 0.591. The average Bonchev–Trinajstić information content (AvgIpc) is 2.54. The molecule has 3 rings (SSSR count). The van der Waals surface area contributed by atoms with Crippen molar-refractivity contribution in [2.45, 2.75) is 0 Å². The standard InChI is InChI=1S/C15H11N3O4/c1-22-11-6-7-12-13(8-11)16-14(15(19)17-12)9-2-4-10(5-3-9)18(20)21/h2-8H,1H3,(H,17,19). The maximum Gasteiger partial charge on any atom is 0.274 e. The van der Waals surface area contributed by atoms with E-state index in [1.54, 1.807) is 25.3 Å². The lowest BCUT2D eigenvalue weighted by atomic mass is 10.1. The van der Waals surface area contributed by atoms with Gasteiger partial charge in [-0.3, -0.25) is 14.9 Å². The highest BCUT2D eigenvalue weighted by Gasteiger charge is 2.10. The number of ether oxygens (including phenoxy) is 1. The molecule has 7 heteroatoms. The summed E-state index contributed by atoms with van der Waals surface area (Å²) in [6, 6.07) is 10.8. The summed E-state index contributed by atoms with van der Waals surface area (Å²) < 4.78 is 5.13. The fourth-order valence-electron chi connectivity index (χ4n) is 2.13. The molecule has 0 saturated carbocycles. The third kappa shape index (κ3) is 2.39. The van der Waals surface area contributed by atoms with Crippen LogP contribution in [-0.2, 0) is 0 Å². The van der Waals surface area contributed by atoms with Crippen molar-refractivity contribution in [3.8, 4) is 17.0 Å². The van der Waals surface area contributed by atoms with E-state index >= 15 is 0 Å². The number of fused-ring (bicyclic) bond motifs is 1. The molecule has 0 aliphatic carbocycles. The lowest BCUT2D eigenvalue weighted by Crippen LogP contribution is -2.11. The first kappa shape index (κ1) is 13.7. The second-order valence-electron chi connectivity index (χ2n) is 4.60. The lowest BCUT2D eigenvalue weighted by Gasteiger charge is -2.04. The summed E-state index contributed by atoms with van der Waals surface area (Å²) in [7, 11) is 1.55. The number of aromatic amines is 1. The number of non-ortho nitro benzene ring substituents is 1. The average molecular weight is 297 g/mol. The Morgan fingerprint density at radius 2 is 1.91 bits per heavy atom. The maximum atomic E-state index is 12.1. The molecule has 0 atom stereocenters. The van der Waals surface area contributed by atoms with Gasteiger partial charge in [0.2, 0.25) is 0 Å². The van der Waals surface area contributed by atoms with Crippen LogP contribution >= 0.6 is 0 Å². The largest absolute Gasteiger partial charge is 0.497 e. The molecule has 1 heterocycles. The van der Waals surface area contributed by atoms with Gasteiger partial charge < -0.3 is 9.72 Å². The van der Waals surface area contributed by atoms with Gasteiger partial charge in [-0.15, -0.1) is 0 Å². The van der Waals surface area contributed by atoms with Crippen LogP contribution in [0.4, 0.5) is 5.69 Å². The number of nitrogens with one attached hydrogen (secondary N) is 1. The zero-order chi connectivity index (χ0) is 15.7. The van der Waals surface area contributed by atoms with Gasteiger partial charge in [0.05, 0.1) is 23.1 Å². The van der Waals surface area contributed by atoms with Gasteiger partial charge in [-0.05, 0) is 24.3 Å². The molecule has 0 bridgehead atoms. The molecule has 7 nitrogen and oxygen atoms in total. The fourth-order valence-corrected chi connectivity index (χ4v) is 2.13. The van der Waals surface area contributed by atoms with Crippen LogP contribution in [0.1, 0.15) is 0 Å². The number of rotatable bonds is 3. The minimum atomic E-state index is -0.493. The van der Waals surface area contributed by atoms with Crippen molar-refractivity contribution in [1.29, 1.82) is 0 Å². The lowest BCUT2D eigenvalue weighted by molar-refractivity contribution is -0.384. The summed E-state index contributed by atoms with van der Waals surface area (Å²) in [6.45, 7) is 0. The van der Waals surface area contributed by atoms with Crippen LogP contribution in [-0.4, -0.2) is 22.0 Å². The highest BCUT2D eigenvalue weighted by Crippen LogP contribution is 2.21. The van der Waals surface area contributed by atoms with Crippen molar-refractivity contribution >= 4 is 16.7 Å². The first-order chi connectivity index (χ1) is 10.6. The number of nitro benzene ring substituents is 1. The van der Waals surface area contributed by atoms with E-state index in [0.717, 1.165) is 0 Å². The third-order valence-corrected chi connectivity index (χ3v) is 3.25. The summed E-state index contributed by atoms with van der Waals surface area (Å²) in [4.78, 5) is 29.4. The molecule has 2 aromatic carbocycles. The van der Waals surface area contributed by atoms with Crippen molar-refractivity contribution < 1.29 is 9.66 Å². The number of hydrogen-bond acceptors (Lipinski definition) is 5. The van der Waals surface area contributed by atoms with Crippen LogP contribution in [0.5, 0.6) is 5.75 Å². The molecule has 22 heavy (non-hydrogen) atoms. The molecular weight excluding hydrogens is 286 g/mol. The topological polar surface area (TPSA) is 98.1 Å². The Labute approximate surface area is 124 Å². The number of H-pyrrole nitrogens is 1. The first-order valence-corrected chi connectivity index (χ1v) is 6.41. The van der Waals surface area contributed by atoms with Crippen molar-refractivity contribution in [1.82, 2.24) is 9.97 Å². The Kier molecular flexibility index (Phi) is 3.30. The van der Waals surface area contributed by atoms with Crippen molar-refractivity contribution in [3.63, 3.8) is 0 Å². The Morgan fingerprint density at radius 3 is 2.55 bits per heavy atom. The van der Waals surface area contributed by atoms with Gasteiger partial charge in [0, 0.05) is 23.8 Å². The molecule has 0 radical (unpaired) electrons. The fraction of sp³-hybridized carbons (Fsp3) is 0.0667. The molecule has 110 valence electrons. The monoisotopic (exact) mass is 297 g/mol. The molecule has 0 amide bonds. The van der Waals surface area contributed by atoms with E-state index < -0.39 is 4.92 Å². The molecule has 3 aromatic rings. The molecule has 1 aromatic heterocycles. The zero-order valence-electron chi connectivity index (χ0n) is 11.6. The van der Waals surface area contributed by atoms with E-state index in [1.807, 2.05) is 0 Å². The number of benzene rings is 2. The van der Waals surface area contributed by atoms with Crippen molar-refractivity contribution in [2.75, 3.05) is 7.11 Å². The van der Waals surface area contributed by atoms with Crippen LogP contribution in [0.2, 0.25) is 0 Å². The molecule has 0 aliphatic heterocycles. The Morgan fingerprint density at radius 1 is 1.18 bits per heavy atom. The number of aromatic nitrogens is 2. The smallest absolute Gasteiger partial charge is 0.274 e. The van der Waals surface area contributed by atoms with Gasteiger partial charge in [-0.2, -0.15) is 0 Å². The molecule has 0 saturated heterocycles. The number of methoxy groups -OCH3 is 1. The molecular formula is C15H11N3O4. The van der Waals surface area contributed by atoms with Gasteiger partial charge in [-0.1, -0.05) is 0 Å². The van der Waals surface area contributed by atoms with Gasteiger partial charge in [0.1, 0.15) is 11.4 Å².